The van der Waals surface area contributed by atoms with Crippen LogP contribution in [0.15, 0.2) is 29.2 Å². The molecule has 3 nitrogen and oxygen atoms in total. The Morgan fingerprint density at radius 3 is 2.43 bits per heavy atom. The molecule has 0 aromatic heterocycles. The highest BCUT2D eigenvalue weighted by Crippen LogP contribution is 2.29. The van der Waals surface area contributed by atoms with Crippen LogP contribution in [0.1, 0.15) is 44.1 Å². The predicted molar refractivity (Wildman–Crippen MR) is 90.3 cm³/mol. The summed E-state index contributed by atoms with van der Waals surface area (Å²) in [6, 6.07) is 6.95. The molecule has 1 saturated carbocycles. The van der Waals surface area contributed by atoms with Crippen molar-refractivity contribution in [2.75, 3.05) is 6.54 Å². The zero-order valence-electron chi connectivity index (χ0n) is 12.5. The zero-order valence-corrected chi connectivity index (χ0v) is 14.9. The van der Waals surface area contributed by atoms with Crippen molar-refractivity contribution >= 4 is 26.0 Å². The van der Waals surface area contributed by atoms with Gasteiger partial charge in [0.2, 0.25) is 10.0 Å². The normalized spacial score (nSPS) is 18.6. The lowest BCUT2D eigenvalue weighted by atomic mass is 9.86. The molecule has 0 aliphatic heterocycles. The summed E-state index contributed by atoms with van der Waals surface area (Å²) in [5.74, 6) is 0.743. The van der Waals surface area contributed by atoms with E-state index in [1.807, 2.05) is 19.1 Å². The molecular formula is C16H24BrNO2S. The summed E-state index contributed by atoms with van der Waals surface area (Å²) < 4.78 is 27.1. The highest BCUT2D eigenvalue weighted by atomic mass is 79.9. The molecule has 0 heterocycles. The van der Waals surface area contributed by atoms with Crippen LogP contribution in [0.2, 0.25) is 0 Å². The molecule has 1 N–H and O–H groups in total. The van der Waals surface area contributed by atoms with Crippen molar-refractivity contribution in [3.63, 3.8) is 0 Å². The Morgan fingerprint density at radius 2 is 1.81 bits per heavy atom. The maximum absolute atomic E-state index is 12.2. The van der Waals surface area contributed by atoms with E-state index in [-0.39, 0.29) is 4.83 Å². The lowest BCUT2D eigenvalue weighted by Gasteiger charge is -2.24. The summed E-state index contributed by atoms with van der Waals surface area (Å²) in [6.45, 7) is 2.40. The van der Waals surface area contributed by atoms with Gasteiger partial charge in [0.05, 0.1) is 4.90 Å². The monoisotopic (exact) mass is 373 g/mol. The van der Waals surface area contributed by atoms with Crippen LogP contribution in [0.4, 0.5) is 0 Å². The van der Waals surface area contributed by atoms with E-state index in [1.54, 1.807) is 12.1 Å². The van der Waals surface area contributed by atoms with Crippen molar-refractivity contribution in [2.45, 2.75) is 55.2 Å². The fourth-order valence-corrected chi connectivity index (χ4v) is 4.86. The number of aryl methyl sites for hydroxylation is 1. The first-order chi connectivity index (χ1) is 9.97. The topological polar surface area (TPSA) is 46.2 Å². The summed E-state index contributed by atoms with van der Waals surface area (Å²) in [6.07, 6.45) is 7.61. The van der Waals surface area contributed by atoms with E-state index < -0.39 is 10.0 Å². The number of alkyl halides is 1. The van der Waals surface area contributed by atoms with Gasteiger partial charge in [0.1, 0.15) is 0 Å². The minimum atomic E-state index is -3.39. The van der Waals surface area contributed by atoms with Crippen LogP contribution < -0.4 is 4.72 Å². The zero-order chi connectivity index (χ0) is 15.3. The van der Waals surface area contributed by atoms with Gasteiger partial charge < -0.3 is 0 Å². The van der Waals surface area contributed by atoms with E-state index in [0.717, 1.165) is 17.9 Å². The predicted octanol–water partition coefficient (Wildman–Crippen LogP) is 4.01. The summed E-state index contributed by atoms with van der Waals surface area (Å²) in [4.78, 5) is 0.547. The summed E-state index contributed by atoms with van der Waals surface area (Å²) in [7, 11) is -3.39. The van der Waals surface area contributed by atoms with Crippen molar-refractivity contribution in [3.05, 3.63) is 29.8 Å². The Labute approximate surface area is 136 Å². The van der Waals surface area contributed by atoms with E-state index in [9.17, 15) is 8.42 Å². The number of halogens is 1. The fraction of sp³-hybridized carbons (Fsp3) is 0.625. The maximum Gasteiger partial charge on any atom is 0.240 e. The average molecular weight is 374 g/mol. The van der Waals surface area contributed by atoms with Crippen molar-refractivity contribution in [3.8, 4) is 0 Å². The maximum atomic E-state index is 12.2. The van der Waals surface area contributed by atoms with Crippen LogP contribution >= 0.6 is 15.9 Å². The van der Waals surface area contributed by atoms with Crippen molar-refractivity contribution in [1.29, 1.82) is 0 Å². The summed E-state index contributed by atoms with van der Waals surface area (Å²) in [5.41, 5.74) is 1.06. The van der Waals surface area contributed by atoms with E-state index >= 15 is 0 Å². The van der Waals surface area contributed by atoms with Gasteiger partial charge >= 0.3 is 0 Å². The molecular weight excluding hydrogens is 350 g/mol. The number of rotatable bonds is 6. The standard InChI is InChI=1S/C16H24BrNO2S/c1-13-7-9-16(10-8-13)21(19,20)18-12-15(17)11-14-5-3-2-4-6-14/h7-10,14-15,18H,2-6,11-12H2,1H3. The van der Waals surface area contributed by atoms with Crippen LogP contribution in [-0.2, 0) is 10.0 Å². The third-order valence-corrected chi connectivity index (χ3v) is 6.28. The second kappa shape index (κ2) is 7.75. The SMILES string of the molecule is Cc1ccc(S(=O)(=O)NCC(Br)CC2CCCCC2)cc1. The third-order valence-electron chi connectivity index (χ3n) is 4.14. The van der Waals surface area contributed by atoms with Crippen LogP contribution in [0.5, 0.6) is 0 Å². The quantitative estimate of drug-likeness (QED) is 0.765. The molecule has 1 unspecified atom stereocenters. The van der Waals surface area contributed by atoms with Crippen LogP contribution in [-0.4, -0.2) is 19.8 Å². The minimum Gasteiger partial charge on any atom is -0.210 e. The van der Waals surface area contributed by atoms with Gasteiger partial charge in [-0.2, -0.15) is 0 Å². The molecule has 0 bridgehead atoms. The van der Waals surface area contributed by atoms with E-state index in [0.29, 0.717) is 11.4 Å². The lowest BCUT2D eigenvalue weighted by Crippen LogP contribution is -2.30. The molecule has 0 amide bonds. The fourth-order valence-electron chi connectivity index (χ4n) is 2.87. The first-order valence-corrected chi connectivity index (χ1v) is 10.1. The molecule has 0 saturated heterocycles. The Morgan fingerprint density at radius 1 is 1.19 bits per heavy atom. The minimum absolute atomic E-state index is 0.209. The third kappa shape index (κ3) is 5.38. The second-order valence-corrected chi connectivity index (χ2v) is 9.06. The molecule has 21 heavy (non-hydrogen) atoms. The molecule has 5 heteroatoms. The van der Waals surface area contributed by atoms with Crippen molar-refractivity contribution < 1.29 is 8.42 Å². The van der Waals surface area contributed by atoms with Crippen LogP contribution in [0.25, 0.3) is 0 Å². The van der Waals surface area contributed by atoms with E-state index in [4.69, 9.17) is 0 Å². The van der Waals surface area contributed by atoms with E-state index in [1.165, 1.54) is 32.1 Å². The van der Waals surface area contributed by atoms with Gasteiger partial charge in [-0.15, -0.1) is 0 Å². The molecule has 1 atom stereocenters. The van der Waals surface area contributed by atoms with Crippen molar-refractivity contribution in [2.24, 2.45) is 5.92 Å². The Balaban J connectivity index is 1.84. The summed E-state index contributed by atoms with van der Waals surface area (Å²) >= 11 is 3.62. The molecule has 0 spiro atoms. The number of hydrogen-bond acceptors (Lipinski definition) is 2. The summed E-state index contributed by atoms with van der Waals surface area (Å²) in [5, 5.41) is 0. The first-order valence-electron chi connectivity index (χ1n) is 7.68. The number of nitrogens with one attached hydrogen (secondary N) is 1. The van der Waals surface area contributed by atoms with Gasteiger partial charge in [0.25, 0.3) is 0 Å². The Kier molecular flexibility index (Phi) is 6.26. The number of hydrogen-bond donors (Lipinski definition) is 1. The highest BCUT2D eigenvalue weighted by Gasteiger charge is 2.20. The van der Waals surface area contributed by atoms with Gasteiger partial charge in [-0.3, -0.25) is 0 Å². The largest absolute Gasteiger partial charge is 0.240 e. The number of sulfonamides is 1. The molecule has 1 aliphatic carbocycles. The van der Waals surface area contributed by atoms with Gasteiger partial charge in [-0.1, -0.05) is 65.7 Å². The van der Waals surface area contributed by atoms with Crippen molar-refractivity contribution in [1.82, 2.24) is 4.72 Å². The van der Waals surface area contributed by atoms with Crippen LogP contribution in [0.3, 0.4) is 0 Å². The van der Waals surface area contributed by atoms with Gasteiger partial charge in [-0.25, -0.2) is 13.1 Å². The average Bonchev–Trinajstić information content (AvgIpc) is 2.47. The highest BCUT2D eigenvalue weighted by molar-refractivity contribution is 9.09. The van der Waals surface area contributed by atoms with Gasteiger partial charge in [-0.05, 0) is 31.4 Å². The molecule has 0 radical (unpaired) electrons. The smallest absolute Gasteiger partial charge is 0.210 e. The van der Waals surface area contributed by atoms with E-state index in [2.05, 4.69) is 20.7 Å². The molecule has 1 aliphatic rings. The lowest BCUT2D eigenvalue weighted by molar-refractivity contribution is 0.337. The second-order valence-electron chi connectivity index (χ2n) is 6.00. The molecule has 1 fully saturated rings. The Hall–Kier alpha value is -0.390. The van der Waals surface area contributed by atoms with Gasteiger partial charge in [0, 0.05) is 11.4 Å². The number of benzene rings is 1. The Bertz CT molecular complexity index is 536. The molecule has 1 aromatic carbocycles. The van der Waals surface area contributed by atoms with Gasteiger partial charge in [0.15, 0.2) is 0 Å². The molecule has 2 rings (SSSR count). The first kappa shape index (κ1) is 17.0. The molecule has 1 aromatic rings. The van der Waals surface area contributed by atoms with Crippen LogP contribution in [0, 0.1) is 12.8 Å². The molecule has 118 valence electrons.